The van der Waals surface area contributed by atoms with E-state index < -0.39 is 23.0 Å². The number of ketones is 1. The Morgan fingerprint density at radius 2 is 1.88 bits per heavy atom. The number of piperidine rings is 1. The third kappa shape index (κ3) is 4.42. The molecule has 0 aromatic heterocycles. The minimum atomic E-state index is -0.816. The van der Waals surface area contributed by atoms with Crippen molar-refractivity contribution in [2.45, 2.75) is 31.3 Å². The Bertz CT molecular complexity index is 1100. The molecular weight excluding hydrogens is 449 g/mol. The van der Waals surface area contributed by atoms with Crippen LogP contribution in [0.1, 0.15) is 35.2 Å². The number of nitrogens with one attached hydrogen (secondary N) is 2. The number of hydrogen-bond donors (Lipinski definition) is 3. The van der Waals surface area contributed by atoms with E-state index in [1.807, 2.05) is 11.9 Å². The summed E-state index contributed by atoms with van der Waals surface area (Å²) in [6.45, 7) is 0.386. The minimum Gasteiger partial charge on any atom is -0.395 e. The number of halogens is 3. The third-order valence-electron chi connectivity index (χ3n) is 6.82. The molecule has 34 heavy (non-hydrogen) atoms. The predicted octanol–water partition coefficient (Wildman–Crippen LogP) is 3.28. The third-order valence-corrected chi connectivity index (χ3v) is 6.82. The van der Waals surface area contributed by atoms with Crippen molar-refractivity contribution in [1.82, 2.24) is 10.2 Å². The van der Waals surface area contributed by atoms with E-state index in [-0.39, 0.29) is 49.2 Å². The highest BCUT2D eigenvalue weighted by Crippen LogP contribution is 2.42. The van der Waals surface area contributed by atoms with Crippen LogP contribution in [0.5, 0.6) is 0 Å². The lowest BCUT2D eigenvalue weighted by atomic mass is 9.77. The van der Waals surface area contributed by atoms with Crippen LogP contribution >= 0.6 is 0 Å². The van der Waals surface area contributed by atoms with Gasteiger partial charge in [-0.15, -0.1) is 0 Å². The Labute approximate surface area is 195 Å². The van der Waals surface area contributed by atoms with Gasteiger partial charge in [-0.1, -0.05) is 6.07 Å². The Hall–Kier alpha value is -3.27. The fourth-order valence-electron chi connectivity index (χ4n) is 4.79. The molecular formula is C24H27F3N4O3. The normalized spacial score (nSPS) is 17.0. The molecule has 3 N–H and O–H groups in total. The Morgan fingerprint density at radius 3 is 2.59 bits per heavy atom. The largest absolute Gasteiger partial charge is 0.395 e. The predicted molar refractivity (Wildman–Crippen MR) is 121 cm³/mol. The topological polar surface area (TPSA) is 84.9 Å². The van der Waals surface area contributed by atoms with E-state index in [4.69, 9.17) is 5.11 Å². The summed E-state index contributed by atoms with van der Waals surface area (Å²) in [5.74, 6) is -2.15. The molecule has 1 saturated heterocycles. The maximum Gasteiger partial charge on any atom is 0.317 e. The number of amides is 2. The molecule has 7 nitrogen and oxygen atoms in total. The van der Waals surface area contributed by atoms with E-state index in [1.54, 1.807) is 11.0 Å². The fraction of sp³-hybridized carbons (Fsp3) is 0.417. The molecule has 4 rings (SSSR count). The second-order valence-electron chi connectivity index (χ2n) is 8.74. The number of anilines is 2. The van der Waals surface area contributed by atoms with Gasteiger partial charge in [0.15, 0.2) is 11.6 Å². The summed E-state index contributed by atoms with van der Waals surface area (Å²) in [7, 11) is 1.89. The van der Waals surface area contributed by atoms with Gasteiger partial charge in [0, 0.05) is 56.5 Å². The van der Waals surface area contributed by atoms with Gasteiger partial charge in [-0.05, 0) is 37.1 Å². The van der Waals surface area contributed by atoms with Gasteiger partial charge in [-0.25, -0.2) is 18.0 Å². The molecule has 2 aromatic rings. The second kappa shape index (κ2) is 9.54. The monoisotopic (exact) mass is 476 g/mol. The van der Waals surface area contributed by atoms with Crippen LogP contribution in [0.3, 0.4) is 0 Å². The summed E-state index contributed by atoms with van der Waals surface area (Å²) in [5, 5.41) is 14.0. The zero-order valence-corrected chi connectivity index (χ0v) is 18.8. The molecule has 1 fully saturated rings. The van der Waals surface area contributed by atoms with Crippen molar-refractivity contribution in [3.8, 4) is 0 Å². The standard InChI is InChI=1S/C24H27F3N4O3/c1-30-19-5-3-16(25)12-17(19)20(33)13-24(30)6-9-31(10-7-24)23(34)29-14-15-2-4-18(26)22(21(15)27)28-8-11-32/h2-5,12,28,32H,6-11,13-14H2,1H3,(H,29,34). The summed E-state index contributed by atoms with van der Waals surface area (Å²) in [6, 6.07) is 6.21. The van der Waals surface area contributed by atoms with Crippen LogP contribution in [0.15, 0.2) is 30.3 Å². The zero-order chi connectivity index (χ0) is 24.5. The highest BCUT2D eigenvalue weighted by Gasteiger charge is 2.45. The van der Waals surface area contributed by atoms with Gasteiger partial charge in [0.25, 0.3) is 0 Å². The van der Waals surface area contributed by atoms with Crippen molar-refractivity contribution in [3.63, 3.8) is 0 Å². The molecule has 1 spiro atoms. The first-order valence-electron chi connectivity index (χ1n) is 11.2. The maximum atomic E-state index is 14.6. The molecule has 2 aromatic carbocycles. The summed E-state index contributed by atoms with van der Waals surface area (Å²) in [6.07, 6.45) is 1.36. The molecule has 2 heterocycles. The van der Waals surface area contributed by atoms with Crippen molar-refractivity contribution in [2.75, 3.05) is 43.5 Å². The number of aliphatic hydroxyl groups excluding tert-OH is 1. The quantitative estimate of drug-likeness (QED) is 0.617. The van der Waals surface area contributed by atoms with E-state index in [9.17, 15) is 22.8 Å². The molecule has 0 unspecified atom stereocenters. The van der Waals surface area contributed by atoms with Gasteiger partial charge >= 0.3 is 6.03 Å². The lowest BCUT2D eigenvalue weighted by Crippen LogP contribution is -2.59. The van der Waals surface area contributed by atoms with Crippen molar-refractivity contribution in [1.29, 1.82) is 0 Å². The molecule has 2 amide bonds. The number of hydrogen-bond acceptors (Lipinski definition) is 5. The van der Waals surface area contributed by atoms with Gasteiger partial charge < -0.3 is 25.5 Å². The number of rotatable bonds is 5. The average molecular weight is 476 g/mol. The molecule has 0 radical (unpaired) electrons. The van der Waals surface area contributed by atoms with Gasteiger partial charge in [-0.3, -0.25) is 4.79 Å². The number of urea groups is 1. The van der Waals surface area contributed by atoms with Crippen molar-refractivity contribution in [2.24, 2.45) is 0 Å². The Balaban J connectivity index is 1.38. The fourth-order valence-corrected chi connectivity index (χ4v) is 4.79. The van der Waals surface area contributed by atoms with Gasteiger partial charge in [-0.2, -0.15) is 0 Å². The van der Waals surface area contributed by atoms with Gasteiger partial charge in [0.1, 0.15) is 17.3 Å². The lowest BCUT2D eigenvalue weighted by molar-refractivity contribution is 0.0890. The molecule has 182 valence electrons. The van der Waals surface area contributed by atoms with Crippen molar-refractivity contribution in [3.05, 3.63) is 58.9 Å². The molecule has 2 aliphatic heterocycles. The number of carbonyl (C=O) groups excluding carboxylic acids is 2. The van der Waals surface area contributed by atoms with Gasteiger partial charge in [0.2, 0.25) is 0 Å². The van der Waals surface area contributed by atoms with E-state index >= 15 is 0 Å². The van der Waals surface area contributed by atoms with Crippen LogP contribution in [0, 0.1) is 17.5 Å². The first-order chi connectivity index (χ1) is 16.3. The molecule has 10 heteroatoms. The number of nitrogens with zero attached hydrogens (tertiary/aromatic N) is 2. The minimum absolute atomic E-state index is 0.00442. The van der Waals surface area contributed by atoms with Crippen LogP contribution < -0.4 is 15.5 Å². The smallest absolute Gasteiger partial charge is 0.317 e. The van der Waals surface area contributed by atoms with Gasteiger partial charge in [0.05, 0.1) is 12.1 Å². The van der Waals surface area contributed by atoms with Crippen LogP contribution in [-0.4, -0.2) is 60.6 Å². The first-order valence-corrected chi connectivity index (χ1v) is 11.2. The lowest BCUT2D eigenvalue weighted by Gasteiger charge is -2.50. The Morgan fingerprint density at radius 1 is 1.15 bits per heavy atom. The molecule has 0 atom stereocenters. The SMILES string of the molecule is CN1c2ccc(F)cc2C(=O)CC12CCN(C(=O)NCc1ccc(F)c(NCCO)c1F)CC2. The molecule has 0 saturated carbocycles. The van der Waals surface area contributed by atoms with E-state index in [0.717, 1.165) is 6.07 Å². The van der Waals surface area contributed by atoms with E-state index in [1.165, 1.54) is 18.2 Å². The zero-order valence-electron chi connectivity index (χ0n) is 18.8. The Kier molecular flexibility index (Phi) is 6.70. The summed E-state index contributed by atoms with van der Waals surface area (Å²) >= 11 is 0. The van der Waals surface area contributed by atoms with E-state index in [2.05, 4.69) is 10.6 Å². The summed E-state index contributed by atoms with van der Waals surface area (Å²) in [4.78, 5) is 29.0. The highest BCUT2D eigenvalue weighted by atomic mass is 19.1. The maximum absolute atomic E-state index is 14.6. The number of carbonyl (C=O) groups is 2. The van der Waals surface area contributed by atoms with Crippen molar-refractivity contribution >= 4 is 23.2 Å². The average Bonchev–Trinajstić information content (AvgIpc) is 2.82. The number of aliphatic hydroxyl groups is 1. The first kappa shape index (κ1) is 23.9. The van der Waals surface area contributed by atoms with E-state index in [0.29, 0.717) is 37.2 Å². The number of benzene rings is 2. The summed E-state index contributed by atoms with van der Waals surface area (Å²) in [5.41, 5.74) is 0.390. The number of fused-ring (bicyclic) bond motifs is 1. The second-order valence-corrected chi connectivity index (χ2v) is 8.74. The molecule has 0 aliphatic carbocycles. The number of likely N-dealkylation sites (tertiary alicyclic amines) is 1. The molecule has 2 aliphatic rings. The van der Waals surface area contributed by atoms with Crippen LogP contribution in [-0.2, 0) is 6.54 Å². The number of Topliss-reactive ketones (excluding diaryl/α,β-unsaturated/α-hetero) is 1. The van der Waals surface area contributed by atoms with Crippen molar-refractivity contribution < 1.29 is 27.9 Å². The van der Waals surface area contributed by atoms with Crippen LogP contribution in [0.2, 0.25) is 0 Å². The molecule has 0 bridgehead atoms. The van der Waals surface area contributed by atoms with Crippen LogP contribution in [0.4, 0.5) is 29.3 Å². The summed E-state index contributed by atoms with van der Waals surface area (Å²) < 4.78 is 42.1. The highest BCUT2D eigenvalue weighted by molar-refractivity contribution is 6.04. The van der Waals surface area contributed by atoms with Crippen LogP contribution in [0.25, 0.3) is 0 Å².